The average molecular weight is 334 g/mol. The predicted molar refractivity (Wildman–Crippen MR) is 74.5 cm³/mol. The van der Waals surface area contributed by atoms with E-state index in [0.717, 1.165) is 9.88 Å². The molecule has 0 bridgehead atoms. The van der Waals surface area contributed by atoms with E-state index >= 15 is 0 Å². The number of thiazole rings is 1. The zero-order chi connectivity index (χ0) is 12.5. The molecule has 1 saturated heterocycles. The van der Waals surface area contributed by atoms with Gasteiger partial charge in [0.15, 0.2) is 0 Å². The van der Waals surface area contributed by atoms with Gasteiger partial charge in [0.2, 0.25) is 5.91 Å². The lowest BCUT2D eigenvalue weighted by atomic mass is 10.2. The Hall–Kier alpha value is -0.500. The Morgan fingerprint density at radius 3 is 2.79 bits per heavy atom. The highest BCUT2D eigenvalue weighted by atomic mass is 35.5. The molecule has 9 heteroatoms. The summed E-state index contributed by atoms with van der Waals surface area (Å²) in [5, 5.41) is 6.06. The maximum absolute atomic E-state index is 12.9. The summed E-state index contributed by atoms with van der Waals surface area (Å²) in [4.78, 5) is 16.6. The third-order valence-corrected chi connectivity index (χ3v) is 3.45. The Morgan fingerprint density at radius 2 is 2.32 bits per heavy atom. The van der Waals surface area contributed by atoms with Crippen molar-refractivity contribution in [2.24, 2.45) is 0 Å². The monoisotopic (exact) mass is 333 g/mol. The lowest BCUT2D eigenvalue weighted by Gasteiger charge is -2.10. The number of hydrogen-bond acceptors (Lipinski definition) is 4. The normalized spacial score (nSPS) is 20.3. The number of aromatic nitrogens is 1. The van der Waals surface area contributed by atoms with Crippen LogP contribution in [0.3, 0.4) is 0 Å². The number of nitrogens with one attached hydrogen (secondary N) is 2. The van der Waals surface area contributed by atoms with Crippen LogP contribution in [0.2, 0.25) is 0 Å². The van der Waals surface area contributed by atoms with Gasteiger partial charge in [-0.05, 0) is 6.92 Å². The fourth-order valence-electron chi connectivity index (χ4n) is 1.69. The van der Waals surface area contributed by atoms with Gasteiger partial charge >= 0.3 is 0 Å². The summed E-state index contributed by atoms with van der Waals surface area (Å²) < 4.78 is 25.7. The van der Waals surface area contributed by atoms with E-state index in [2.05, 4.69) is 15.6 Å². The van der Waals surface area contributed by atoms with Crippen LogP contribution in [-0.4, -0.2) is 29.4 Å². The zero-order valence-electron chi connectivity index (χ0n) is 10.1. The molecule has 4 nitrogen and oxygen atoms in total. The molecule has 1 fully saturated rings. The van der Waals surface area contributed by atoms with Crippen molar-refractivity contribution in [3.05, 3.63) is 16.1 Å². The van der Waals surface area contributed by atoms with Gasteiger partial charge in [-0.1, -0.05) is 0 Å². The van der Waals surface area contributed by atoms with Crippen molar-refractivity contribution in [2.45, 2.75) is 31.9 Å². The first kappa shape index (κ1) is 18.5. The molecule has 1 aromatic rings. The van der Waals surface area contributed by atoms with E-state index in [1.807, 2.05) is 6.92 Å². The fourth-order valence-corrected chi connectivity index (χ4v) is 2.42. The molecule has 2 N–H and O–H groups in total. The number of carbonyl (C=O) groups is 1. The van der Waals surface area contributed by atoms with Crippen LogP contribution >= 0.6 is 36.2 Å². The summed E-state index contributed by atoms with van der Waals surface area (Å²) in [6.07, 6.45) is 1.25. The largest absolute Gasteiger partial charge is 0.350 e. The number of aryl methyl sites for hydroxylation is 1. The molecule has 0 spiro atoms. The second-order valence-electron chi connectivity index (χ2n) is 4.06. The molecule has 19 heavy (non-hydrogen) atoms. The second kappa shape index (κ2) is 7.33. The predicted octanol–water partition coefficient (Wildman–Crippen LogP) is 1.91. The molecule has 2 heterocycles. The van der Waals surface area contributed by atoms with Crippen LogP contribution in [0.25, 0.3) is 0 Å². The summed E-state index contributed by atoms with van der Waals surface area (Å²) in [5.41, 5.74) is 0. The van der Waals surface area contributed by atoms with Crippen molar-refractivity contribution in [1.29, 1.82) is 0 Å². The fraction of sp³-hybridized carbons (Fsp3) is 0.600. The first-order chi connectivity index (χ1) is 7.96. The highest BCUT2D eigenvalue weighted by Crippen LogP contribution is 2.25. The highest BCUT2D eigenvalue weighted by molar-refractivity contribution is 7.11. The second-order valence-corrected chi connectivity index (χ2v) is 5.38. The number of rotatable bonds is 3. The zero-order valence-corrected chi connectivity index (χ0v) is 12.6. The molecule has 0 saturated carbocycles. The summed E-state index contributed by atoms with van der Waals surface area (Å²) in [6.45, 7) is 1.79. The number of hydrogen-bond donors (Lipinski definition) is 2. The molecule has 1 unspecified atom stereocenters. The number of alkyl halides is 2. The quantitative estimate of drug-likeness (QED) is 0.888. The van der Waals surface area contributed by atoms with Crippen LogP contribution in [0.4, 0.5) is 8.78 Å². The van der Waals surface area contributed by atoms with Crippen LogP contribution in [0, 0.1) is 6.92 Å². The molecular formula is C10H15Cl2F2N3OS. The molecule has 0 radical (unpaired) electrons. The third-order valence-electron chi connectivity index (χ3n) is 2.53. The van der Waals surface area contributed by atoms with E-state index in [4.69, 9.17) is 0 Å². The van der Waals surface area contributed by atoms with Gasteiger partial charge in [-0.2, -0.15) is 0 Å². The van der Waals surface area contributed by atoms with Gasteiger partial charge in [-0.25, -0.2) is 13.8 Å². The van der Waals surface area contributed by atoms with E-state index in [1.54, 1.807) is 6.20 Å². The van der Waals surface area contributed by atoms with Crippen LogP contribution in [-0.2, 0) is 11.3 Å². The van der Waals surface area contributed by atoms with Crippen molar-refractivity contribution in [2.75, 3.05) is 6.54 Å². The van der Waals surface area contributed by atoms with E-state index in [1.165, 1.54) is 11.3 Å². The molecule has 1 amide bonds. The lowest BCUT2D eigenvalue weighted by molar-refractivity contribution is -0.123. The SMILES string of the molecule is Cc1ncc(CNC(=O)C2CC(F)(F)CN2)s1.Cl.Cl. The van der Waals surface area contributed by atoms with E-state index < -0.39 is 24.9 Å². The minimum atomic E-state index is -2.77. The first-order valence-corrected chi connectivity index (χ1v) is 6.08. The Morgan fingerprint density at radius 1 is 1.63 bits per heavy atom. The Labute approximate surface area is 126 Å². The smallest absolute Gasteiger partial charge is 0.262 e. The molecule has 1 aliphatic heterocycles. The molecule has 110 valence electrons. The minimum absolute atomic E-state index is 0. The summed E-state index contributed by atoms with van der Waals surface area (Å²) >= 11 is 1.48. The average Bonchev–Trinajstić information content (AvgIpc) is 2.81. The van der Waals surface area contributed by atoms with Gasteiger partial charge in [0, 0.05) is 17.5 Å². The third kappa shape index (κ3) is 5.18. The number of amides is 1. The van der Waals surface area contributed by atoms with Crippen molar-refractivity contribution in [3.8, 4) is 0 Å². The van der Waals surface area contributed by atoms with Gasteiger partial charge in [0.1, 0.15) is 0 Å². The van der Waals surface area contributed by atoms with Crippen molar-refractivity contribution in [3.63, 3.8) is 0 Å². The minimum Gasteiger partial charge on any atom is -0.350 e. The summed E-state index contributed by atoms with van der Waals surface area (Å²) in [7, 11) is 0. The van der Waals surface area contributed by atoms with Gasteiger partial charge in [-0.15, -0.1) is 36.2 Å². The topological polar surface area (TPSA) is 54.0 Å². The molecule has 1 atom stereocenters. The summed E-state index contributed by atoms with van der Waals surface area (Å²) in [5.74, 6) is -3.16. The highest BCUT2D eigenvalue weighted by Gasteiger charge is 2.42. The number of nitrogens with zero attached hydrogens (tertiary/aromatic N) is 1. The van der Waals surface area contributed by atoms with Crippen molar-refractivity contribution in [1.82, 2.24) is 15.6 Å². The molecule has 1 aliphatic rings. The molecule has 1 aromatic heterocycles. The van der Waals surface area contributed by atoms with Gasteiger partial charge in [-0.3, -0.25) is 10.1 Å². The van der Waals surface area contributed by atoms with E-state index in [0.29, 0.717) is 6.54 Å². The molecule has 2 rings (SSSR count). The van der Waals surface area contributed by atoms with Crippen LogP contribution in [0.5, 0.6) is 0 Å². The van der Waals surface area contributed by atoms with Crippen molar-refractivity contribution < 1.29 is 13.6 Å². The van der Waals surface area contributed by atoms with Gasteiger partial charge in [0.05, 0.1) is 24.1 Å². The standard InChI is InChI=1S/C10H13F2N3OS.2ClH/c1-6-13-3-7(17-6)4-14-9(16)8-2-10(11,12)5-15-8;;/h3,8,15H,2,4-5H2,1H3,(H,14,16);2*1H. The first-order valence-electron chi connectivity index (χ1n) is 5.26. The van der Waals surface area contributed by atoms with E-state index in [9.17, 15) is 13.6 Å². The lowest BCUT2D eigenvalue weighted by Crippen LogP contribution is -2.39. The number of halogens is 4. The molecule has 0 aliphatic carbocycles. The molecule has 0 aromatic carbocycles. The summed E-state index contributed by atoms with van der Waals surface area (Å²) in [6, 6.07) is -0.793. The van der Waals surface area contributed by atoms with E-state index in [-0.39, 0.29) is 30.7 Å². The van der Waals surface area contributed by atoms with Crippen LogP contribution < -0.4 is 10.6 Å². The maximum atomic E-state index is 12.9. The molecular weight excluding hydrogens is 319 g/mol. The Bertz CT molecular complexity index is 431. The Kier molecular flexibility index (Phi) is 7.13. The Balaban J connectivity index is 0.00000162. The maximum Gasteiger partial charge on any atom is 0.262 e. The van der Waals surface area contributed by atoms with Crippen LogP contribution in [0.15, 0.2) is 6.20 Å². The van der Waals surface area contributed by atoms with Crippen molar-refractivity contribution >= 4 is 42.1 Å². The number of carbonyl (C=O) groups excluding carboxylic acids is 1. The van der Waals surface area contributed by atoms with Crippen LogP contribution in [0.1, 0.15) is 16.3 Å². The van der Waals surface area contributed by atoms with Gasteiger partial charge < -0.3 is 5.32 Å². The van der Waals surface area contributed by atoms with Gasteiger partial charge in [0.25, 0.3) is 5.92 Å².